The van der Waals surface area contributed by atoms with Crippen molar-refractivity contribution in [3.8, 4) is 6.07 Å². The SMILES string of the molecule is N#Cc1ccc(Sc2cc(Cl)ccc2Cl)cc1Br. The second kappa shape index (κ2) is 5.99. The van der Waals surface area contributed by atoms with Gasteiger partial charge in [-0.3, -0.25) is 0 Å². The van der Waals surface area contributed by atoms with Crippen LogP contribution in [0.1, 0.15) is 5.56 Å². The van der Waals surface area contributed by atoms with Crippen molar-refractivity contribution in [1.29, 1.82) is 5.26 Å². The molecule has 0 unspecified atom stereocenters. The Morgan fingerprint density at radius 1 is 1.11 bits per heavy atom. The molecule has 5 heteroatoms. The number of nitrogens with zero attached hydrogens (tertiary/aromatic N) is 1. The first-order chi connectivity index (χ1) is 8.60. The average molecular weight is 359 g/mol. The van der Waals surface area contributed by atoms with Crippen LogP contribution >= 0.6 is 50.9 Å². The van der Waals surface area contributed by atoms with Crippen molar-refractivity contribution < 1.29 is 0 Å². The van der Waals surface area contributed by atoms with E-state index in [1.807, 2.05) is 18.2 Å². The Morgan fingerprint density at radius 3 is 2.56 bits per heavy atom. The van der Waals surface area contributed by atoms with Gasteiger partial charge in [0, 0.05) is 19.3 Å². The summed E-state index contributed by atoms with van der Waals surface area (Å²) in [6, 6.07) is 13.0. The zero-order chi connectivity index (χ0) is 13.1. The van der Waals surface area contributed by atoms with E-state index in [9.17, 15) is 0 Å². The molecule has 0 atom stereocenters. The highest BCUT2D eigenvalue weighted by atomic mass is 79.9. The Balaban J connectivity index is 2.32. The summed E-state index contributed by atoms with van der Waals surface area (Å²) >= 11 is 16.9. The van der Waals surface area contributed by atoms with E-state index in [0.717, 1.165) is 14.3 Å². The first-order valence-corrected chi connectivity index (χ1v) is 7.29. The number of benzene rings is 2. The zero-order valence-electron chi connectivity index (χ0n) is 8.95. The van der Waals surface area contributed by atoms with Gasteiger partial charge in [-0.1, -0.05) is 35.0 Å². The van der Waals surface area contributed by atoms with Crippen LogP contribution in [0.25, 0.3) is 0 Å². The molecule has 0 amide bonds. The van der Waals surface area contributed by atoms with Crippen LogP contribution < -0.4 is 0 Å². The Morgan fingerprint density at radius 2 is 1.89 bits per heavy atom. The highest BCUT2D eigenvalue weighted by molar-refractivity contribution is 9.10. The smallest absolute Gasteiger partial charge is 0.100 e. The Kier molecular flexibility index (Phi) is 4.58. The van der Waals surface area contributed by atoms with Crippen LogP contribution in [0.3, 0.4) is 0 Å². The molecule has 0 bridgehead atoms. The summed E-state index contributed by atoms with van der Waals surface area (Å²) in [5.41, 5.74) is 0.608. The van der Waals surface area contributed by atoms with E-state index in [4.69, 9.17) is 28.5 Å². The molecule has 0 spiro atoms. The van der Waals surface area contributed by atoms with Gasteiger partial charge >= 0.3 is 0 Å². The van der Waals surface area contributed by atoms with Crippen molar-refractivity contribution in [2.24, 2.45) is 0 Å². The zero-order valence-corrected chi connectivity index (χ0v) is 12.9. The van der Waals surface area contributed by atoms with E-state index in [1.165, 1.54) is 11.8 Å². The predicted octanol–water partition coefficient (Wildman–Crippen LogP) is 5.78. The summed E-state index contributed by atoms with van der Waals surface area (Å²) in [5.74, 6) is 0. The van der Waals surface area contributed by atoms with Gasteiger partial charge in [-0.2, -0.15) is 5.26 Å². The molecule has 18 heavy (non-hydrogen) atoms. The number of nitriles is 1. The first kappa shape index (κ1) is 13.8. The molecule has 0 saturated heterocycles. The van der Waals surface area contributed by atoms with E-state index >= 15 is 0 Å². The van der Waals surface area contributed by atoms with Crippen molar-refractivity contribution in [3.63, 3.8) is 0 Å². The highest BCUT2D eigenvalue weighted by Gasteiger charge is 2.06. The van der Waals surface area contributed by atoms with E-state index in [-0.39, 0.29) is 0 Å². The molecule has 90 valence electrons. The van der Waals surface area contributed by atoms with Crippen LogP contribution in [-0.2, 0) is 0 Å². The van der Waals surface area contributed by atoms with Crippen LogP contribution in [0, 0.1) is 11.3 Å². The van der Waals surface area contributed by atoms with Gasteiger partial charge in [0.05, 0.1) is 10.6 Å². The molecule has 1 nitrogen and oxygen atoms in total. The van der Waals surface area contributed by atoms with Crippen molar-refractivity contribution in [1.82, 2.24) is 0 Å². The summed E-state index contributed by atoms with van der Waals surface area (Å²) in [6.07, 6.45) is 0. The van der Waals surface area contributed by atoms with Gasteiger partial charge in [-0.05, 0) is 52.3 Å². The molecule has 0 saturated carbocycles. The standard InChI is InChI=1S/C13H6BrCl2NS/c14-11-6-10(3-1-8(11)7-17)18-13-5-9(15)2-4-12(13)16/h1-6H. The first-order valence-electron chi connectivity index (χ1n) is 4.92. The fourth-order valence-electron chi connectivity index (χ4n) is 1.33. The molecule has 0 heterocycles. The maximum atomic E-state index is 8.85. The van der Waals surface area contributed by atoms with Crippen molar-refractivity contribution in [3.05, 3.63) is 56.5 Å². The van der Waals surface area contributed by atoms with Gasteiger partial charge in [0.1, 0.15) is 6.07 Å². The van der Waals surface area contributed by atoms with Gasteiger partial charge in [0.15, 0.2) is 0 Å². The van der Waals surface area contributed by atoms with Crippen LogP contribution in [0.2, 0.25) is 10.0 Å². The number of halogens is 3. The molecule has 2 aromatic rings. The lowest BCUT2D eigenvalue weighted by Gasteiger charge is -2.05. The Bertz CT molecular complexity index is 637. The second-order valence-electron chi connectivity index (χ2n) is 3.43. The van der Waals surface area contributed by atoms with Gasteiger partial charge in [0.25, 0.3) is 0 Å². The summed E-state index contributed by atoms with van der Waals surface area (Å²) in [5, 5.41) is 10.2. The topological polar surface area (TPSA) is 23.8 Å². The molecule has 0 aromatic heterocycles. The fourth-order valence-corrected chi connectivity index (χ4v) is 3.34. The quantitative estimate of drug-likeness (QED) is 0.679. The molecule has 0 aliphatic heterocycles. The Hall–Kier alpha value is -0.660. The lowest BCUT2D eigenvalue weighted by atomic mass is 10.2. The van der Waals surface area contributed by atoms with Crippen LogP contribution in [-0.4, -0.2) is 0 Å². The van der Waals surface area contributed by atoms with E-state index in [2.05, 4.69) is 22.0 Å². The second-order valence-corrected chi connectivity index (χ2v) is 6.24. The summed E-state index contributed by atoms with van der Waals surface area (Å²) < 4.78 is 0.771. The molecule has 0 N–H and O–H groups in total. The molecule has 2 aromatic carbocycles. The third-order valence-corrected chi connectivity index (χ3v) is 4.56. The molecule has 0 aliphatic carbocycles. The van der Waals surface area contributed by atoms with Crippen molar-refractivity contribution in [2.75, 3.05) is 0 Å². The largest absolute Gasteiger partial charge is 0.192 e. The minimum Gasteiger partial charge on any atom is -0.192 e. The third kappa shape index (κ3) is 3.21. The monoisotopic (exact) mass is 357 g/mol. The van der Waals surface area contributed by atoms with Crippen molar-refractivity contribution in [2.45, 2.75) is 9.79 Å². The summed E-state index contributed by atoms with van der Waals surface area (Å²) in [7, 11) is 0. The van der Waals surface area contributed by atoms with E-state index in [1.54, 1.807) is 18.2 Å². The molecular weight excluding hydrogens is 353 g/mol. The molecule has 0 radical (unpaired) electrons. The minimum absolute atomic E-state index is 0.608. The van der Waals surface area contributed by atoms with Gasteiger partial charge in [-0.25, -0.2) is 0 Å². The minimum atomic E-state index is 0.608. The predicted molar refractivity (Wildman–Crippen MR) is 79.4 cm³/mol. The molecule has 0 aliphatic rings. The average Bonchev–Trinajstić information content (AvgIpc) is 2.34. The molecule has 0 fully saturated rings. The van der Waals surface area contributed by atoms with Gasteiger partial charge < -0.3 is 0 Å². The van der Waals surface area contributed by atoms with Crippen LogP contribution in [0.4, 0.5) is 0 Å². The normalized spacial score (nSPS) is 10.1. The maximum Gasteiger partial charge on any atom is 0.100 e. The summed E-state index contributed by atoms with van der Waals surface area (Å²) in [4.78, 5) is 1.88. The number of hydrogen-bond acceptors (Lipinski definition) is 2. The lowest BCUT2D eigenvalue weighted by molar-refractivity contribution is 1.36. The number of rotatable bonds is 2. The molecule has 2 rings (SSSR count). The highest BCUT2D eigenvalue weighted by Crippen LogP contribution is 2.36. The van der Waals surface area contributed by atoms with Crippen LogP contribution in [0.15, 0.2) is 50.7 Å². The molecular formula is C13H6BrCl2NS. The fraction of sp³-hybridized carbons (Fsp3) is 0. The lowest BCUT2D eigenvalue weighted by Crippen LogP contribution is -1.80. The Labute approximate surface area is 128 Å². The van der Waals surface area contributed by atoms with Gasteiger partial charge in [-0.15, -0.1) is 0 Å². The third-order valence-electron chi connectivity index (χ3n) is 2.18. The van der Waals surface area contributed by atoms with Crippen molar-refractivity contribution >= 4 is 50.9 Å². The van der Waals surface area contributed by atoms with Gasteiger partial charge in [0.2, 0.25) is 0 Å². The van der Waals surface area contributed by atoms with E-state index < -0.39 is 0 Å². The number of hydrogen-bond donors (Lipinski definition) is 0. The maximum absolute atomic E-state index is 8.85. The summed E-state index contributed by atoms with van der Waals surface area (Å²) in [6.45, 7) is 0. The van der Waals surface area contributed by atoms with E-state index in [0.29, 0.717) is 15.6 Å². The van der Waals surface area contributed by atoms with Crippen LogP contribution in [0.5, 0.6) is 0 Å².